The minimum atomic E-state index is -3.46. The average Bonchev–Trinajstić information content (AvgIpc) is 3.06. The number of rotatable bonds is 4. The van der Waals surface area contributed by atoms with E-state index in [1.54, 1.807) is 0 Å². The van der Waals surface area contributed by atoms with E-state index in [0.717, 1.165) is 43.7 Å². The second-order valence-electron chi connectivity index (χ2n) is 6.52. The normalized spacial score (nSPS) is 23.1. The summed E-state index contributed by atoms with van der Waals surface area (Å²) in [5.74, 6) is 1.67. The van der Waals surface area contributed by atoms with Crippen LogP contribution in [0.5, 0.6) is 0 Å². The molecule has 20 heavy (non-hydrogen) atoms. The molecule has 0 bridgehead atoms. The maximum absolute atomic E-state index is 12.5. The fourth-order valence-electron chi connectivity index (χ4n) is 2.84. The Labute approximate surface area is 120 Å². The summed E-state index contributed by atoms with van der Waals surface area (Å²) in [4.78, 5) is 4.49. The van der Waals surface area contributed by atoms with Crippen LogP contribution in [0.25, 0.3) is 0 Å². The van der Waals surface area contributed by atoms with Crippen molar-refractivity contribution in [3.8, 4) is 0 Å². The molecule has 2 heterocycles. The molecule has 2 aliphatic rings. The average molecular weight is 297 g/mol. The standard InChI is InChI=1S/C14H23N3O2S/c1-9(2)13-15-14(20(18,19)16-11-4-5-11)12-8-10(3)6-7-17(12)13/h9-11,16H,4-8H2,1-3H3. The van der Waals surface area contributed by atoms with Crippen LogP contribution in [0, 0.1) is 5.92 Å². The Balaban J connectivity index is 2.06. The van der Waals surface area contributed by atoms with Crippen LogP contribution in [-0.2, 0) is 23.0 Å². The molecule has 1 saturated carbocycles. The number of imidazole rings is 1. The molecule has 5 nitrogen and oxygen atoms in total. The van der Waals surface area contributed by atoms with Crippen molar-refractivity contribution in [2.75, 3.05) is 0 Å². The van der Waals surface area contributed by atoms with Gasteiger partial charge in [-0.25, -0.2) is 18.1 Å². The van der Waals surface area contributed by atoms with E-state index in [-0.39, 0.29) is 17.0 Å². The quantitative estimate of drug-likeness (QED) is 0.925. The lowest BCUT2D eigenvalue weighted by Crippen LogP contribution is -2.28. The second kappa shape index (κ2) is 4.84. The number of nitrogens with zero attached hydrogens (tertiary/aromatic N) is 2. The number of hydrogen-bond donors (Lipinski definition) is 1. The second-order valence-corrected chi connectivity index (χ2v) is 8.15. The SMILES string of the molecule is CC1CCn2c(C(C)C)nc(S(=O)(=O)NC3CC3)c2C1. The first-order chi connectivity index (χ1) is 9.38. The highest BCUT2D eigenvalue weighted by atomic mass is 32.2. The molecule has 1 fully saturated rings. The van der Waals surface area contributed by atoms with E-state index in [9.17, 15) is 8.42 Å². The zero-order valence-corrected chi connectivity index (χ0v) is 13.2. The highest BCUT2D eigenvalue weighted by Gasteiger charge is 2.34. The van der Waals surface area contributed by atoms with Gasteiger partial charge in [0.05, 0.1) is 5.69 Å². The van der Waals surface area contributed by atoms with Crippen LogP contribution in [0.2, 0.25) is 0 Å². The van der Waals surface area contributed by atoms with Gasteiger partial charge in [0.25, 0.3) is 10.0 Å². The van der Waals surface area contributed by atoms with Gasteiger partial charge < -0.3 is 4.57 Å². The van der Waals surface area contributed by atoms with E-state index in [1.807, 2.05) is 0 Å². The van der Waals surface area contributed by atoms with Gasteiger partial charge in [-0.3, -0.25) is 0 Å². The number of nitrogens with one attached hydrogen (secondary N) is 1. The molecule has 3 rings (SSSR count). The molecule has 1 aromatic heterocycles. The molecule has 1 aromatic rings. The molecule has 112 valence electrons. The third-order valence-electron chi connectivity index (χ3n) is 4.12. The predicted molar refractivity (Wildman–Crippen MR) is 77.1 cm³/mol. The Hall–Kier alpha value is -0.880. The maximum atomic E-state index is 12.5. The Kier molecular flexibility index (Phi) is 3.41. The lowest BCUT2D eigenvalue weighted by Gasteiger charge is -2.23. The first-order valence-corrected chi connectivity index (χ1v) is 8.98. The van der Waals surface area contributed by atoms with E-state index in [1.165, 1.54) is 0 Å². The molecule has 0 radical (unpaired) electrons. The smallest absolute Gasteiger partial charge is 0.260 e. The van der Waals surface area contributed by atoms with Gasteiger partial charge in [0, 0.05) is 18.5 Å². The third kappa shape index (κ3) is 2.51. The van der Waals surface area contributed by atoms with E-state index >= 15 is 0 Å². The zero-order chi connectivity index (χ0) is 14.5. The minimum Gasteiger partial charge on any atom is -0.330 e. The summed E-state index contributed by atoms with van der Waals surface area (Å²) in [6.45, 7) is 7.20. The molecule has 1 unspecified atom stereocenters. The summed E-state index contributed by atoms with van der Waals surface area (Å²) in [5.41, 5.74) is 0.903. The fourth-order valence-corrected chi connectivity index (χ4v) is 4.35. The van der Waals surface area contributed by atoms with E-state index in [0.29, 0.717) is 5.92 Å². The fraction of sp³-hybridized carbons (Fsp3) is 0.786. The Morgan fingerprint density at radius 2 is 2.00 bits per heavy atom. The number of sulfonamides is 1. The van der Waals surface area contributed by atoms with Crippen molar-refractivity contribution in [1.29, 1.82) is 0 Å². The molecule has 0 aromatic carbocycles. The monoisotopic (exact) mass is 297 g/mol. The first kappa shape index (κ1) is 14.1. The minimum absolute atomic E-state index is 0.126. The van der Waals surface area contributed by atoms with Crippen molar-refractivity contribution in [3.05, 3.63) is 11.5 Å². The molecule has 1 atom stereocenters. The number of hydrogen-bond acceptors (Lipinski definition) is 3. The number of aromatic nitrogens is 2. The van der Waals surface area contributed by atoms with Crippen molar-refractivity contribution in [2.45, 2.75) is 70.0 Å². The van der Waals surface area contributed by atoms with Gasteiger partial charge in [-0.1, -0.05) is 20.8 Å². The van der Waals surface area contributed by atoms with Gasteiger partial charge in [-0.2, -0.15) is 0 Å². The molecule has 0 saturated heterocycles. The van der Waals surface area contributed by atoms with Crippen LogP contribution in [0.4, 0.5) is 0 Å². The highest BCUT2D eigenvalue weighted by Crippen LogP contribution is 2.31. The number of fused-ring (bicyclic) bond motifs is 1. The van der Waals surface area contributed by atoms with E-state index < -0.39 is 10.0 Å². The molecule has 1 aliphatic heterocycles. The lowest BCUT2D eigenvalue weighted by molar-refractivity contribution is 0.401. The molecular weight excluding hydrogens is 274 g/mol. The molecule has 0 amide bonds. The summed E-state index contributed by atoms with van der Waals surface area (Å²) in [6, 6.07) is 0.126. The summed E-state index contributed by atoms with van der Waals surface area (Å²) in [7, 11) is -3.46. The molecule has 6 heteroatoms. The largest absolute Gasteiger partial charge is 0.330 e. The molecular formula is C14H23N3O2S. The van der Waals surface area contributed by atoms with Crippen LogP contribution < -0.4 is 4.72 Å². The topological polar surface area (TPSA) is 64.0 Å². The van der Waals surface area contributed by atoms with Crippen LogP contribution in [0.15, 0.2) is 5.03 Å². The molecule has 1 aliphatic carbocycles. The van der Waals surface area contributed by atoms with Crippen LogP contribution in [-0.4, -0.2) is 24.0 Å². The van der Waals surface area contributed by atoms with Crippen LogP contribution in [0.3, 0.4) is 0 Å². The molecule has 0 spiro atoms. The Bertz CT molecular complexity index is 615. The van der Waals surface area contributed by atoms with E-state index in [2.05, 4.69) is 35.0 Å². The summed E-state index contributed by atoms with van der Waals surface area (Å²) in [6.07, 6.45) is 3.80. The van der Waals surface area contributed by atoms with Crippen molar-refractivity contribution >= 4 is 10.0 Å². The van der Waals surface area contributed by atoms with Crippen molar-refractivity contribution in [3.63, 3.8) is 0 Å². The van der Waals surface area contributed by atoms with Crippen molar-refractivity contribution in [2.24, 2.45) is 5.92 Å². The summed E-state index contributed by atoms with van der Waals surface area (Å²) >= 11 is 0. The maximum Gasteiger partial charge on any atom is 0.260 e. The Morgan fingerprint density at radius 3 is 2.60 bits per heavy atom. The summed E-state index contributed by atoms with van der Waals surface area (Å²) < 4.78 is 29.9. The van der Waals surface area contributed by atoms with Gasteiger partial charge in [0.1, 0.15) is 5.82 Å². The summed E-state index contributed by atoms with van der Waals surface area (Å²) in [5, 5.41) is 0.277. The van der Waals surface area contributed by atoms with Gasteiger partial charge in [0.2, 0.25) is 0 Å². The predicted octanol–water partition coefficient (Wildman–Crippen LogP) is 2.03. The van der Waals surface area contributed by atoms with E-state index in [4.69, 9.17) is 0 Å². The Morgan fingerprint density at radius 1 is 1.30 bits per heavy atom. The van der Waals surface area contributed by atoms with Crippen molar-refractivity contribution in [1.82, 2.24) is 14.3 Å². The zero-order valence-electron chi connectivity index (χ0n) is 12.4. The van der Waals surface area contributed by atoms with Crippen LogP contribution in [0.1, 0.15) is 57.5 Å². The van der Waals surface area contributed by atoms with Gasteiger partial charge in [-0.15, -0.1) is 0 Å². The van der Waals surface area contributed by atoms with Crippen LogP contribution >= 0.6 is 0 Å². The van der Waals surface area contributed by atoms with Gasteiger partial charge in [-0.05, 0) is 31.6 Å². The van der Waals surface area contributed by atoms with Gasteiger partial charge in [0.15, 0.2) is 5.03 Å². The highest BCUT2D eigenvalue weighted by molar-refractivity contribution is 7.89. The lowest BCUT2D eigenvalue weighted by atomic mass is 9.98. The third-order valence-corrected chi connectivity index (χ3v) is 5.60. The van der Waals surface area contributed by atoms with Crippen molar-refractivity contribution < 1.29 is 8.42 Å². The molecule has 1 N–H and O–H groups in total. The first-order valence-electron chi connectivity index (χ1n) is 7.50. The van der Waals surface area contributed by atoms with Gasteiger partial charge >= 0.3 is 0 Å².